The average molecular weight is 487 g/mol. The standard InChI is InChI=1S/C20H20F3N3O6S/c1-11(26-33(27,28)14-7-5-6-13(10-14)20(21,22)23)19-24-18(25-32-19)12-8-15(29-2)17(31-4)16(9-12)30-3/h5-11,26H,1-4H3. The quantitative estimate of drug-likeness (QED) is 0.510. The number of nitrogens with zero attached hydrogens (tertiary/aromatic N) is 2. The van der Waals surface area contributed by atoms with Crippen LogP contribution in [0.5, 0.6) is 17.2 Å². The van der Waals surface area contributed by atoms with Crippen molar-refractivity contribution in [2.24, 2.45) is 0 Å². The van der Waals surface area contributed by atoms with E-state index in [1.807, 2.05) is 0 Å². The maximum atomic E-state index is 12.9. The van der Waals surface area contributed by atoms with Gasteiger partial charge in [0.2, 0.25) is 27.5 Å². The van der Waals surface area contributed by atoms with Crippen molar-refractivity contribution in [2.45, 2.75) is 24.0 Å². The van der Waals surface area contributed by atoms with Crippen LogP contribution in [0.1, 0.15) is 24.4 Å². The van der Waals surface area contributed by atoms with Gasteiger partial charge < -0.3 is 18.7 Å². The maximum Gasteiger partial charge on any atom is 0.416 e. The number of hydrogen-bond donors (Lipinski definition) is 1. The van der Waals surface area contributed by atoms with Gasteiger partial charge in [-0.1, -0.05) is 11.2 Å². The zero-order chi connectivity index (χ0) is 24.4. The number of benzene rings is 2. The Morgan fingerprint density at radius 3 is 2.21 bits per heavy atom. The predicted molar refractivity (Wildman–Crippen MR) is 110 cm³/mol. The Bertz CT molecular complexity index is 1220. The molecule has 3 aromatic rings. The second-order valence-electron chi connectivity index (χ2n) is 6.74. The van der Waals surface area contributed by atoms with Crippen molar-refractivity contribution in [3.63, 3.8) is 0 Å². The molecule has 2 aromatic carbocycles. The molecule has 0 saturated carbocycles. The van der Waals surface area contributed by atoms with E-state index >= 15 is 0 Å². The number of ether oxygens (including phenoxy) is 3. The van der Waals surface area contributed by atoms with Crippen LogP contribution in [0.3, 0.4) is 0 Å². The minimum atomic E-state index is -4.68. The summed E-state index contributed by atoms with van der Waals surface area (Å²) >= 11 is 0. The van der Waals surface area contributed by atoms with Crippen LogP contribution in [0.4, 0.5) is 13.2 Å². The molecule has 1 atom stereocenters. The van der Waals surface area contributed by atoms with E-state index in [0.29, 0.717) is 28.9 Å². The Balaban J connectivity index is 1.87. The molecule has 1 unspecified atom stereocenters. The molecule has 13 heteroatoms. The third kappa shape index (κ3) is 5.20. The van der Waals surface area contributed by atoms with Gasteiger partial charge in [0.05, 0.1) is 37.8 Å². The zero-order valence-electron chi connectivity index (χ0n) is 17.9. The number of sulfonamides is 1. The van der Waals surface area contributed by atoms with Crippen molar-refractivity contribution in [3.05, 3.63) is 47.9 Å². The first-order chi connectivity index (χ1) is 15.5. The number of rotatable bonds is 8. The summed E-state index contributed by atoms with van der Waals surface area (Å²) in [6.45, 7) is 1.41. The van der Waals surface area contributed by atoms with Crippen molar-refractivity contribution in [1.82, 2.24) is 14.9 Å². The monoisotopic (exact) mass is 487 g/mol. The fraction of sp³-hybridized carbons (Fsp3) is 0.300. The SMILES string of the molecule is COc1cc(-c2noc(C(C)NS(=O)(=O)c3cccc(C(F)(F)F)c3)n2)cc(OC)c1OC. The van der Waals surface area contributed by atoms with Gasteiger partial charge >= 0.3 is 6.18 Å². The highest BCUT2D eigenvalue weighted by Gasteiger charge is 2.32. The lowest BCUT2D eigenvalue weighted by Crippen LogP contribution is -2.27. The molecule has 0 radical (unpaired) electrons. The van der Waals surface area contributed by atoms with Gasteiger partial charge in [-0.05, 0) is 37.3 Å². The van der Waals surface area contributed by atoms with Crippen LogP contribution in [0.25, 0.3) is 11.4 Å². The van der Waals surface area contributed by atoms with E-state index in [9.17, 15) is 21.6 Å². The lowest BCUT2D eigenvalue weighted by molar-refractivity contribution is -0.137. The topological polar surface area (TPSA) is 113 Å². The summed E-state index contributed by atoms with van der Waals surface area (Å²) in [4.78, 5) is 3.64. The van der Waals surface area contributed by atoms with Gasteiger partial charge in [-0.25, -0.2) is 8.42 Å². The molecule has 3 rings (SSSR count). The fourth-order valence-corrected chi connectivity index (χ4v) is 4.17. The van der Waals surface area contributed by atoms with E-state index < -0.39 is 32.7 Å². The number of aromatic nitrogens is 2. The number of hydrogen-bond acceptors (Lipinski definition) is 8. The Hall–Kier alpha value is -3.32. The lowest BCUT2D eigenvalue weighted by Gasteiger charge is -2.13. The number of halogens is 3. The van der Waals surface area contributed by atoms with E-state index in [1.165, 1.54) is 28.3 Å². The molecule has 9 nitrogen and oxygen atoms in total. The molecule has 0 bridgehead atoms. The van der Waals surface area contributed by atoms with Gasteiger partial charge in [0, 0.05) is 5.56 Å². The number of alkyl halides is 3. The van der Waals surface area contributed by atoms with Crippen LogP contribution in [-0.2, 0) is 16.2 Å². The highest BCUT2D eigenvalue weighted by Crippen LogP contribution is 2.40. The van der Waals surface area contributed by atoms with Crippen LogP contribution in [0, 0.1) is 0 Å². The van der Waals surface area contributed by atoms with Crippen molar-refractivity contribution in [1.29, 1.82) is 0 Å². The van der Waals surface area contributed by atoms with Gasteiger partial charge in [0.25, 0.3) is 0 Å². The summed E-state index contributed by atoms with van der Waals surface area (Å²) < 4.78 is 87.2. The van der Waals surface area contributed by atoms with Gasteiger partial charge in [-0.2, -0.15) is 22.9 Å². The predicted octanol–water partition coefficient (Wildman–Crippen LogP) is 3.82. The molecular formula is C20H20F3N3O6S. The molecule has 0 amide bonds. The molecule has 1 N–H and O–H groups in total. The minimum Gasteiger partial charge on any atom is -0.493 e. The van der Waals surface area contributed by atoms with E-state index in [1.54, 1.807) is 12.1 Å². The van der Waals surface area contributed by atoms with Crippen LogP contribution in [0.2, 0.25) is 0 Å². The normalized spacial score (nSPS) is 12.9. The fourth-order valence-electron chi connectivity index (χ4n) is 2.93. The second kappa shape index (κ2) is 9.27. The van der Waals surface area contributed by atoms with Crippen molar-refractivity contribution in [3.8, 4) is 28.6 Å². The molecular weight excluding hydrogens is 467 g/mol. The van der Waals surface area contributed by atoms with Crippen LogP contribution < -0.4 is 18.9 Å². The number of methoxy groups -OCH3 is 3. The van der Waals surface area contributed by atoms with Crippen LogP contribution in [-0.4, -0.2) is 39.9 Å². The Morgan fingerprint density at radius 1 is 1.03 bits per heavy atom. The largest absolute Gasteiger partial charge is 0.493 e. The minimum absolute atomic E-state index is 0.102. The first-order valence-electron chi connectivity index (χ1n) is 9.33. The molecule has 0 saturated heterocycles. The second-order valence-corrected chi connectivity index (χ2v) is 8.45. The molecule has 0 fully saturated rings. The summed E-state index contributed by atoms with van der Waals surface area (Å²) in [5.41, 5.74) is -0.645. The van der Waals surface area contributed by atoms with Gasteiger partial charge in [0.1, 0.15) is 0 Å². The van der Waals surface area contributed by atoms with Gasteiger partial charge in [-0.15, -0.1) is 0 Å². The van der Waals surface area contributed by atoms with E-state index in [2.05, 4.69) is 14.9 Å². The number of nitrogens with one attached hydrogen (secondary N) is 1. The van der Waals surface area contributed by atoms with Crippen molar-refractivity contribution >= 4 is 10.0 Å². The van der Waals surface area contributed by atoms with Crippen LogP contribution in [0.15, 0.2) is 45.8 Å². The van der Waals surface area contributed by atoms with E-state index in [-0.39, 0.29) is 11.7 Å². The molecule has 33 heavy (non-hydrogen) atoms. The third-order valence-electron chi connectivity index (χ3n) is 4.54. The highest BCUT2D eigenvalue weighted by molar-refractivity contribution is 7.89. The first kappa shape index (κ1) is 24.3. The summed E-state index contributed by atoms with van der Waals surface area (Å²) in [5.74, 6) is 1.05. The average Bonchev–Trinajstić information content (AvgIpc) is 3.28. The van der Waals surface area contributed by atoms with E-state index in [0.717, 1.165) is 18.2 Å². The summed E-state index contributed by atoms with van der Waals surface area (Å²) in [5, 5.41) is 3.84. The van der Waals surface area contributed by atoms with Crippen molar-refractivity contribution in [2.75, 3.05) is 21.3 Å². The molecule has 0 aliphatic rings. The Morgan fingerprint density at radius 2 is 1.67 bits per heavy atom. The molecule has 178 valence electrons. The molecule has 0 spiro atoms. The highest BCUT2D eigenvalue weighted by atomic mass is 32.2. The third-order valence-corrected chi connectivity index (χ3v) is 6.08. The molecule has 1 heterocycles. The van der Waals surface area contributed by atoms with Gasteiger partial charge in [0.15, 0.2) is 11.5 Å². The summed E-state index contributed by atoms with van der Waals surface area (Å²) in [7, 11) is 0.0143. The smallest absolute Gasteiger partial charge is 0.416 e. The summed E-state index contributed by atoms with van der Waals surface area (Å²) in [6.07, 6.45) is -4.68. The van der Waals surface area contributed by atoms with Crippen LogP contribution >= 0.6 is 0 Å². The Labute approximate surface area is 187 Å². The summed E-state index contributed by atoms with van der Waals surface area (Å²) in [6, 6.07) is 5.51. The zero-order valence-corrected chi connectivity index (χ0v) is 18.7. The molecule has 1 aromatic heterocycles. The Kier molecular flexibility index (Phi) is 6.84. The van der Waals surface area contributed by atoms with Gasteiger partial charge in [-0.3, -0.25) is 0 Å². The molecule has 0 aliphatic carbocycles. The molecule has 0 aliphatic heterocycles. The van der Waals surface area contributed by atoms with Crippen molar-refractivity contribution < 1.29 is 40.3 Å². The first-order valence-corrected chi connectivity index (χ1v) is 10.8. The van der Waals surface area contributed by atoms with E-state index in [4.69, 9.17) is 18.7 Å². The maximum absolute atomic E-state index is 12.9. The lowest BCUT2D eigenvalue weighted by atomic mass is 10.1.